The van der Waals surface area contributed by atoms with Crippen molar-refractivity contribution in [2.45, 2.75) is 46.1 Å². The summed E-state index contributed by atoms with van der Waals surface area (Å²) in [4.78, 5) is 21.1. The molecule has 1 aromatic heterocycles. The van der Waals surface area contributed by atoms with E-state index in [-0.39, 0.29) is 17.9 Å². The van der Waals surface area contributed by atoms with Crippen LogP contribution in [0.4, 0.5) is 0 Å². The number of hydrogen-bond donors (Lipinski definition) is 0. The Morgan fingerprint density at radius 1 is 1.14 bits per heavy atom. The number of aromatic nitrogens is 1. The number of nitrogens with zero attached hydrogens (tertiary/aromatic N) is 3. The first kappa shape index (κ1) is 20.4. The third kappa shape index (κ3) is 5.58. The van der Waals surface area contributed by atoms with Gasteiger partial charge in [0.1, 0.15) is 11.5 Å². The molecule has 28 heavy (non-hydrogen) atoms. The molecule has 1 aromatic carbocycles. The van der Waals surface area contributed by atoms with Crippen LogP contribution in [-0.2, 0) is 16.8 Å². The number of rotatable bonds is 5. The lowest BCUT2D eigenvalue weighted by molar-refractivity contribution is -0.133. The maximum Gasteiger partial charge on any atom is 0.260 e. The normalized spacial score (nSPS) is 16.1. The van der Waals surface area contributed by atoms with Gasteiger partial charge in [-0.15, -0.1) is 0 Å². The molecule has 1 saturated heterocycles. The van der Waals surface area contributed by atoms with Crippen molar-refractivity contribution in [2.75, 3.05) is 32.8 Å². The fraction of sp³-hybridized carbons (Fsp3) is 0.545. The number of aryl methyl sites for hydroxylation is 1. The molecule has 2 heterocycles. The van der Waals surface area contributed by atoms with Crippen LogP contribution >= 0.6 is 0 Å². The lowest BCUT2D eigenvalue weighted by atomic mass is 9.94. The summed E-state index contributed by atoms with van der Waals surface area (Å²) in [6, 6.07) is 7.76. The van der Waals surface area contributed by atoms with Gasteiger partial charge in [-0.1, -0.05) is 38.5 Å². The number of amides is 1. The molecule has 3 rings (SSSR count). The third-order valence-corrected chi connectivity index (χ3v) is 4.98. The molecule has 0 bridgehead atoms. The number of carbonyl (C=O) groups excluding carboxylic acids is 1. The molecule has 0 N–H and O–H groups in total. The number of hydrogen-bond acceptors (Lipinski definition) is 5. The van der Waals surface area contributed by atoms with Gasteiger partial charge in [-0.3, -0.25) is 9.69 Å². The van der Waals surface area contributed by atoms with Crippen LogP contribution in [0.5, 0.6) is 5.75 Å². The number of carbonyl (C=O) groups is 1. The van der Waals surface area contributed by atoms with Crippen molar-refractivity contribution in [1.82, 2.24) is 14.8 Å². The Labute approximate surface area is 167 Å². The zero-order valence-corrected chi connectivity index (χ0v) is 17.4. The first-order chi connectivity index (χ1) is 13.3. The zero-order chi connectivity index (χ0) is 20.1. The van der Waals surface area contributed by atoms with Crippen molar-refractivity contribution in [3.63, 3.8) is 0 Å². The lowest BCUT2D eigenvalue weighted by Gasteiger charge is -2.21. The van der Waals surface area contributed by atoms with E-state index < -0.39 is 0 Å². The number of oxazole rings is 1. The Morgan fingerprint density at radius 3 is 2.57 bits per heavy atom. The van der Waals surface area contributed by atoms with Gasteiger partial charge in [0, 0.05) is 31.6 Å². The van der Waals surface area contributed by atoms with Crippen molar-refractivity contribution in [3.8, 4) is 5.75 Å². The minimum Gasteiger partial charge on any atom is -0.484 e. The molecule has 1 aliphatic heterocycles. The topological polar surface area (TPSA) is 58.8 Å². The van der Waals surface area contributed by atoms with E-state index in [2.05, 4.69) is 30.7 Å². The fourth-order valence-electron chi connectivity index (χ4n) is 3.17. The lowest BCUT2D eigenvalue weighted by Crippen LogP contribution is -2.38. The number of benzene rings is 1. The smallest absolute Gasteiger partial charge is 0.260 e. The van der Waals surface area contributed by atoms with Crippen LogP contribution < -0.4 is 4.74 Å². The summed E-state index contributed by atoms with van der Waals surface area (Å²) in [7, 11) is 0. The molecule has 2 aromatic rings. The van der Waals surface area contributed by atoms with Crippen molar-refractivity contribution >= 4 is 5.91 Å². The van der Waals surface area contributed by atoms with Crippen molar-refractivity contribution in [3.05, 3.63) is 47.7 Å². The van der Waals surface area contributed by atoms with Gasteiger partial charge in [-0.25, -0.2) is 4.98 Å². The van der Waals surface area contributed by atoms with Crippen LogP contribution in [0.25, 0.3) is 0 Å². The molecule has 6 nitrogen and oxygen atoms in total. The van der Waals surface area contributed by atoms with Gasteiger partial charge in [0.15, 0.2) is 6.61 Å². The largest absolute Gasteiger partial charge is 0.484 e. The average molecular weight is 386 g/mol. The van der Waals surface area contributed by atoms with Gasteiger partial charge in [-0.2, -0.15) is 0 Å². The molecular formula is C22H31N3O3. The van der Waals surface area contributed by atoms with Gasteiger partial charge in [0.25, 0.3) is 5.91 Å². The predicted octanol–water partition coefficient (Wildman–Crippen LogP) is 3.39. The van der Waals surface area contributed by atoms with Crippen molar-refractivity contribution < 1.29 is 13.9 Å². The SMILES string of the molecule is Cc1ccc(OCC(=O)N2CCCN(Cc3ncc(C(C)(C)C)o3)CC2)cc1. The first-order valence-electron chi connectivity index (χ1n) is 9.96. The van der Waals surface area contributed by atoms with Crippen molar-refractivity contribution in [2.24, 2.45) is 0 Å². The second kappa shape index (κ2) is 8.78. The van der Waals surface area contributed by atoms with E-state index in [4.69, 9.17) is 9.15 Å². The van der Waals surface area contributed by atoms with Crippen LogP contribution in [0.15, 0.2) is 34.9 Å². The molecule has 1 aliphatic rings. The predicted molar refractivity (Wildman–Crippen MR) is 108 cm³/mol. The van der Waals surface area contributed by atoms with Gasteiger partial charge in [0.2, 0.25) is 5.89 Å². The molecule has 0 atom stereocenters. The fourth-order valence-corrected chi connectivity index (χ4v) is 3.17. The summed E-state index contributed by atoms with van der Waals surface area (Å²) >= 11 is 0. The second-order valence-electron chi connectivity index (χ2n) is 8.48. The van der Waals surface area contributed by atoms with Gasteiger partial charge in [0.05, 0.1) is 12.7 Å². The molecular weight excluding hydrogens is 354 g/mol. The van der Waals surface area contributed by atoms with E-state index in [1.165, 1.54) is 5.56 Å². The van der Waals surface area contributed by atoms with E-state index in [0.717, 1.165) is 43.5 Å². The monoisotopic (exact) mass is 385 g/mol. The summed E-state index contributed by atoms with van der Waals surface area (Å²) in [6.07, 6.45) is 2.76. The van der Waals surface area contributed by atoms with Gasteiger partial charge >= 0.3 is 0 Å². The van der Waals surface area contributed by atoms with E-state index in [9.17, 15) is 4.79 Å². The molecule has 0 radical (unpaired) electrons. The maximum absolute atomic E-state index is 12.5. The highest BCUT2D eigenvalue weighted by Gasteiger charge is 2.22. The van der Waals surface area contributed by atoms with Crippen LogP contribution in [0, 0.1) is 6.92 Å². The van der Waals surface area contributed by atoms with E-state index >= 15 is 0 Å². The van der Waals surface area contributed by atoms with Crippen LogP contribution in [0.2, 0.25) is 0 Å². The molecule has 1 amide bonds. The summed E-state index contributed by atoms with van der Waals surface area (Å²) in [5.41, 5.74) is 1.14. The molecule has 0 spiro atoms. The molecule has 0 aliphatic carbocycles. The summed E-state index contributed by atoms with van der Waals surface area (Å²) in [6.45, 7) is 12.3. The van der Waals surface area contributed by atoms with Crippen LogP contribution in [-0.4, -0.2) is 53.5 Å². The Hall–Kier alpha value is -2.34. The van der Waals surface area contributed by atoms with Gasteiger partial charge in [-0.05, 0) is 25.5 Å². The van der Waals surface area contributed by atoms with E-state index in [0.29, 0.717) is 13.1 Å². The minimum atomic E-state index is -0.0370. The molecule has 6 heteroatoms. The Morgan fingerprint density at radius 2 is 1.89 bits per heavy atom. The molecule has 152 valence electrons. The zero-order valence-electron chi connectivity index (χ0n) is 17.4. The standard InChI is InChI=1S/C22H31N3O3/c1-17-6-8-18(9-7-17)27-16-21(26)25-11-5-10-24(12-13-25)15-20-23-14-19(28-20)22(2,3)4/h6-9,14H,5,10-13,15-16H2,1-4H3. The Kier molecular flexibility index (Phi) is 6.39. The first-order valence-corrected chi connectivity index (χ1v) is 9.96. The Balaban J connectivity index is 1.48. The Bertz CT molecular complexity index is 777. The van der Waals surface area contributed by atoms with Gasteiger partial charge < -0.3 is 14.1 Å². The highest BCUT2D eigenvalue weighted by Crippen LogP contribution is 2.23. The molecule has 0 saturated carbocycles. The molecule has 1 fully saturated rings. The molecule has 0 unspecified atom stereocenters. The highest BCUT2D eigenvalue weighted by molar-refractivity contribution is 5.77. The van der Waals surface area contributed by atoms with E-state index in [1.807, 2.05) is 42.3 Å². The average Bonchev–Trinajstić information content (AvgIpc) is 3.00. The van der Waals surface area contributed by atoms with Crippen LogP contribution in [0.1, 0.15) is 44.4 Å². The quantitative estimate of drug-likeness (QED) is 0.790. The summed E-state index contributed by atoms with van der Waals surface area (Å²) in [5, 5.41) is 0. The van der Waals surface area contributed by atoms with E-state index in [1.54, 1.807) is 0 Å². The number of ether oxygens (including phenoxy) is 1. The van der Waals surface area contributed by atoms with Crippen molar-refractivity contribution in [1.29, 1.82) is 0 Å². The van der Waals surface area contributed by atoms with Crippen LogP contribution in [0.3, 0.4) is 0 Å². The second-order valence-corrected chi connectivity index (χ2v) is 8.48. The minimum absolute atomic E-state index is 0.0357. The highest BCUT2D eigenvalue weighted by atomic mass is 16.5. The summed E-state index contributed by atoms with van der Waals surface area (Å²) in [5.74, 6) is 2.41. The maximum atomic E-state index is 12.5. The third-order valence-electron chi connectivity index (χ3n) is 4.98. The summed E-state index contributed by atoms with van der Waals surface area (Å²) < 4.78 is 11.6.